The minimum absolute atomic E-state index is 0.0695. The van der Waals surface area contributed by atoms with Gasteiger partial charge in [0.05, 0.1) is 16.5 Å². The van der Waals surface area contributed by atoms with Crippen molar-refractivity contribution in [2.45, 2.75) is 25.1 Å². The second kappa shape index (κ2) is 9.76. The molecule has 7 nitrogen and oxygen atoms in total. The highest BCUT2D eigenvalue weighted by Gasteiger charge is 2.13. The van der Waals surface area contributed by atoms with Gasteiger partial charge >= 0.3 is 5.97 Å². The van der Waals surface area contributed by atoms with E-state index < -0.39 is 4.92 Å². The van der Waals surface area contributed by atoms with Gasteiger partial charge in [-0.25, -0.2) is 9.78 Å². The molecular weight excluding hydrogens is 354 g/mol. The molecule has 1 unspecified atom stereocenters. The van der Waals surface area contributed by atoms with Gasteiger partial charge in [-0.3, -0.25) is 10.1 Å². The lowest BCUT2D eigenvalue weighted by atomic mass is 10.1. The zero-order valence-electron chi connectivity index (χ0n) is 14.7. The predicted octanol–water partition coefficient (Wildman–Crippen LogP) is 3.90. The molecule has 0 bridgehead atoms. The van der Waals surface area contributed by atoms with Crippen molar-refractivity contribution in [3.8, 4) is 0 Å². The van der Waals surface area contributed by atoms with Crippen LogP contribution in [0.15, 0.2) is 42.6 Å². The molecule has 0 saturated carbocycles. The van der Waals surface area contributed by atoms with Crippen LogP contribution in [-0.4, -0.2) is 34.8 Å². The maximum atomic E-state index is 12.2. The van der Waals surface area contributed by atoms with Gasteiger partial charge in [-0.15, -0.1) is 0 Å². The highest BCUT2D eigenvalue weighted by Crippen LogP contribution is 2.14. The van der Waals surface area contributed by atoms with Crippen LogP contribution in [0, 0.1) is 10.1 Å². The Balaban J connectivity index is 1.89. The number of thioether (sulfide) groups is 1. The third-order valence-electron chi connectivity index (χ3n) is 3.72. The third kappa shape index (κ3) is 5.73. The first-order chi connectivity index (χ1) is 12.5. The monoisotopic (exact) mass is 375 g/mol. The molecule has 2 aromatic rings. The summed E-state index contributed by atoms with van der Waals surface area (Å²) in [4.78, 5) is 26.3. The normalized spacial score (nSPS) is 11.6. The van der Waals surface area contributed by atoms with E-state index in [9.17, 15) is 14.9 Å². The van der Waals surface area contributed by atoms with Crippen molar-refractivity contribution in [3.63, 3.8) is 0 Å². The van der Waals surface area contributed by atoms with Crippen LogP contribution in [0.5, 0.6) is 0 Å². The van der Waals surface area contributed by atoms with Crippen molar-refractivity contribution < 1.29 is 14.5 Å². The minimum Gasteiger partial charge on any atom is -0.460 e. The fourth-order valence-corrected chi connectivity index (χ4v) is 2.74. The van der Waals surface area contributed by atoms with E-state index >= 15 is 0 Å². The number of pyridine rings is 1. The molecule has 138 valence electrons. The van der Waals surface area contributed by atoms with E-state index in [1.54, 1.807) is 23.9 Å². The van der Waals surface area contributed by atoms with Gasteiger partial charge in [0.2, 0.25) is 0 Å². The van der Waals surface area contributed by atoms with Crippen LogP contribution in [0.4, 0.5) is 11.5 Å². The second-order valence-corrected chi connectivity index (χ2v) is 6.50. The van der Waals surface area contributed by atoms with Crippen molar-refractivity contribution in [1.82, 2.24) is 4.98 Å². The fourth-order valence-electron chi connectivity index (χ4n) is 2.21. The van der Waals surface area contributed by atoms with Gasteiger partial charge in [-0.1, -0.05) is 19.1 Å². The lowest BCUT2D eigenvalue weighted by molar-refractivity contribution is -0.385. The lowest BCUT2D eigenvalue weighted by Crippen LogP contribution is -2.26. The van der Waals surface area contributed by atoms with Crippen molar-refractivity contribution in [1.29, 1.82) is 0 Å². The Kier molecular flexibility index (Phi) is 7.40. The molecule has 0 amide bonds. The zero-order chi connectivity index (χ0) is 18.9. The maximum Gasteiger partial charge on any atom is 0.338 e. The van der Waals surface area contributed by atoms with E-state index in [1.807, 2.05) is 25.3 Å². The van der Waals surface area contributed by atoms with Crippen LogP contribution < -0.4 is 5.32 Å². The van der Waals surface area contributed by atoms with E-state index in [-0.39, 0.29) is 24.3 Å². The van der Waals surface area contributed by atoms with Gasteiger partial charge < -0.3 is 10.1 Å². The van der Waals surface area contributed by atoms with Gasteiger partial charge in [0.15, 0.2) is 0 Å². The number of carbonyl (C=O) groups excluding carboxylic acids is 1. The number of aromatic nitrogens is 1. The standard InChI is InChI=1S/C18H21N3O4S/c1-3-15(20-17-9-8-16(10-19-17)21(23)24)11-25-18(22)14-6-4-13(5-7-14)12-26-2/h4-10,15H,3,11-12H2,1-2H3,(H,19,20). The number of esters is 1. The zero-order valence-corrected chi connectivity index (χ0v) is 15.5. The van der Waals surface area contributed by atoms with E-state index in [2.05, 4.69) is 10.3 Å². The van der Waals surface area contributed by atoms with Gasteiger partial charge in [0, 0.05) is 11.8 Å². The number of hydrogen-bond donors (Lipinski definition) is 1. The number of ether oxygens (including phenoxy) is 1. The molecular formula is C18H21N3O4S. The van der Waals surface area contributed by atoms with E-state index in [0.717, 1.165) is 11.3 Å². The number of nitro groups is 1. The summed E-state index contributed by atoms with van der Waals surface area (Å²) in [5.41, 5.74) is 1.60. The number of rotatable bonds is 9. The molecule has 1 atom stereocenters. The maximum absolute atomic E-state index is 12.2. The first kappa shape index (κ1) is 19.7. The first-order valence-corrected chi connectivity index (χ1v) is 9.54. The number of benzene rings is 1. The molecule has 26 heavy (non-hydrogen) atoms. The molecule has 0 spiro atoms. The average Bonchev–Trinajstić information content (AvgIpc) is 2.66. The molecule has 0 radical (unpaired) electrons. The SMILES string of the molecule is CCC(COC(=O)c1ccc(CSC)cc1)Nc1ccc([N+](=O)[O-])cn1. The van der Waals surface area contributed by atoms with E-state index in [1.165, 1.54) is 18.3 Å². The van der Waals surface area contributed by atoms with Crippen LogP contribution in [0.3, 0.4) is 0 Å². The molecule has 1 N–H and O–H groups in total. The van der Waals surface area contributed by atoms with Crippen LogP contribution in [0.25, 0.3) is 0 Å². The van der Waals surface area contributed by atoms with Crippen LogP contribution in [-0.2, 0) is 10.5 Å². The van der Waals surface area contributed by atoms with Gasteiger partial charge in [-0.05, 0) is 36.4 Å². The van der Waals surface area contributed by atoms with Crippen LogP contribution in [0.2, 0.25) is 0 Å². The van der Waals surface area contributed by atoms with Crippen LogP contribution >= 0.6 is 11.8 Å². The fraction of sp³-hybridized carbons (Fsp3) is 0.333. The Morgan fingerprint density at radius 2 is 2.04 bits per heavy atom. The Hall–Kier alpha value is -2.61. The molecule has 0 fully saturated rings. The first-order valence-electron chi connectivity index (χ1n) is 8.15. The number of carbonyl (C=O) groups is 1. The molecule has 2 rings (SSSR count). The van der Waals surface area contributed by atoms with Gasteiger partial charge in [-0.2, -0.15) is 11.8 Å². The highest BCUT2D eigenvalue weighted by atomic mass is 32.2. The summed E-state index contributed by atoms with van der Waals surface area (Å²) in [5.74, 6) is 1.02. The van der Waals surface area contributed by atoms with Gasteiger partial charge in [0.25, 0.3) is 5.69 Å². The van der Waals surface area contributed by atoms with Crippen molar-refractivity contribution in [2.75, 3.05) is 18.2 Å². The molecule has 0 aliphatic heterocycles. The molecule has 0 saturated heterocycles. The number of nitrogens with one attached hydrogen (secondary N) is 1. The number of hydrogen-bond acceptors (Lipinski definition) is 7. The Morgan fingerprint density at radius 1 is 1.31 bits per heavy atom. The van der Waals surface area contributed by atoms with Gasteiger partial charge in [0.1, 0.15) is 18.6 Å². The number of anilines is 1. The third-order valence-corrected chi connectivity index (χ3v) is 4.34. The summed E-state index contributed by atoms with van der Waals surface area (Å²) >= 11 is 1.72. The molecule has 1 aromatic heterocycles. The predicted molar refractivity (Wildman–Crippen MR) is 103 cm³/mol. The molecule has 0 aliphatic rings. The van der Waals surface area contributed by atoms with Crippen molar-refractivity contribution in [3.05, 3.63) is 63.8 Å². The summed E-state index contributed by atoms with van der Waals surface area (Å²) in [6.07, 6.45) is 3.93. The van der Waals surface area contributed by atoms with Crippen molar-refractivity contribution >= 4 is 29.2 Å². The summed E-state index contributed by atoms with van der Waals surface area (Å²) in [6.45, 7) is 2.13. The quantitative estimate of drug-likeness (QED) is 0.403. The Labute approximate surface area is 156 Å². The summed E-state index contributed by atoms with van der Waals surface area (Å²) in [7, 11) is 0. The minimum atomic E-state index is -0.500. The summed E-state index contributed by atoms with van der Waals surface area (Å²) in [6, 6.07) is 10.1. The molecule has 8 heteroatoms. The number of nitrogens with zero attached hydrogens (tertiary/aromatic N) is 2. The van der Waals surface area contributed by atoms with E-state index in [4.69, 9.17) is 4.74 Å². The molecule has 1 heterocycles. The summed E-state index contributed by atoms with van der Waals surface area (Å²) < 4.78 is 5.37. The lowest BCUT2D eigenvalue weighted by Gasteiger charge is -2.17. The smallest absolute Gasteiger partial charge is 0.338 e. The second-order valence-electron chi connectivity index (χ2n) is 5.64. The van der Waals surface area contributed by atoms with Crippen LogP contribution in [0.1, 0.15) is 29.3 Å². The summed E-state index contributed by atoms with van der Waals surface area (Å²) in [5, 5.41) is 13.8. The molecule has 1 aromatic carbocycles. The highest BCUT2D eigenvalue weighted by molar-refractivity contribution is 7.97. The van der Waals surface area contributed by atoms with Crippen molar-refractivity contribution in [2.24, 2.45) is 0 Å². The Morgan fingerprint density at radius 3 is 2.58 bits per heavy atom. The van der Waals surface area contributed by atoms with E-state index in [0.29, 0.717) is 17.8 Å². The Bertz CT molecular complexity index is 735. The largest absolute Gasteiger partial charge is 0.460 e. The average molecular weight is 375 g/mol. The molecule has 0 aliphatic carbocycles. The topological polar surface area (TPSA) is 94.4 Å².